The van der Waals surface area contributed by atoms with Crippen molar-refractivity contribution >= 4 is 17.0 Å². The van der Waals surface area contributed by atoms with Crippen LogP contribution in [0.5, 0.6) is 0 Å². The van der Waals surface area contributed by atoms with Crippen LogP contribution >= 0.6 is 0 Å². The third-order valence-corrected chi connectivity index (χ3v) is 6.54. The number of benzene rings is 1. The van der Waals surface area contributed by atoms with Crippen LogP contribution in [0.15, 0.2) is 41.2 Å². The van der Waals surface area contributed by atoms with E-state index in [2.05, 4.69) is 27.8 Å². The highest BCUT2D eigenvalue weighted by molar-refractivity contribution is 5.83. The van der Waals surface area contributed by atoms with Crippen LogP contribution in [-0.4, -0.2) is 67.6 Å². The Kier molecular flexibility index (Phi) is 5.58. The second-order valence-corrected chi connectivity index (χ2v) is 10.4. The Morgan fingerprint density at radius 1 is 1.18 bits per heavy atom. The maximum Gasteiger partial charge on any atom is 0.410 e. The van der Waals surface area contributed by atoms with Gasteiger partial charge in [-0.1, -0.05) is 23.9 Å². The van der Waals surface area contributed by atoms with Gasteiger partial charge in [0.2, 0.25) is 11.7 Å². The van der Waals surface area contributed by atoms with Crippen LogP contribution in [0.1, 0.15) is 58.4 Å². The van der Waals surface area contributed by atoms with Gasteiger partial charge in [0.05, 0.1) is 17.8 Å². The number of hydrogen-bond acceptors (Lipinski definition) is 7. The average molecular weight is 465 g/mol. The molecule has 2 aliphatic rings. The molecular formula is C25H32N6O3. The molecule has 0 spiro atoms. The van der Waals surface area contributed by atoms with Crippen LogP contribution < -0.4 is 0 Å². The highest BCUT2D eigenvalue weighted by atomic mass is 16.6. The van der Waals surface area contributed by atoms with Crippen molar-refractivity contribution in [3.8, 4) is 11.4 Å². The molecule has 9 nitrogen and oxygen atoms in total. The lowest BCUT2D eigenvalue weighted by Gasteiger charge is -2.39. The lowest BCUT2D eigenvalue weighted by Crippen LogP contribution is -2.52. The monoisotopic (exact) mass is 464 g/mol. The molecule has 2 fully saturated rings. The summed E-state index contributed by atoms with van der Waals surface area (Å²) in [7, 11) is 0. The molecule has 3 aromatic rings. The van der Waals surface area contributed by atoms with Crippen LogP contribution in [0.3, 0.4) is 0 Å². The van der Waals surface area contributed by atoms with Crippen molar-refractivity contribution in [3.05, 3.63) is 42.6 Å². The average Bonchev–Trinajstić information content (AvgIpc) is 3.39. The normalized spacial score (nSPS) is 17.8. The highest BCUT2D eigenvalue weighted by Crippen LogP contribution is 2.32. The van der Waals surface area contributed by atoms with Gasteiger partial charge in [0.25, 0.3) is 0 Å². The van der Waals surface area contributed by atoms with E-state index in [0.29, 0.717) is 24.8 Å². The number of rotatable bonds is 4. The molecule has 0 atom stereocenters. The summed E-state index contributed by atoms with van der Waals surface area (Å²) in [5.74, 6) is 1.58. The summed E-state index contributed by atoms with van der Waals surface area (Å²) >= 11 is 0. The summed E-state index contributed by atoms with van der Waals surface area (Å²) in [6, 6.07) is 6.19. The van der Waals surface area contributed by atoms with E-state index in [1.54, 1.807) is 4.90 Å². The Morgan fingerprint density at radius 3 is 2.59 bits per heavy atom. The van der Waals surface area contributed by atoms with Crippen molar-refractivity contribution in [1.82, 2.24) is 29.7 Å². The predicted octanol–water partition coefficient (Wildman–Crippen LogP) is 4.59. The summed E-state index contributed by atoms with van der Waals surface area (Å²) in [6.07, 6.45) is 3.53. The number of carbonyl (C=O) groups is 1. The number of hydrogen-bond donors (Lipinski definition) is 0. The van der Waals surface area contributed by atoms with Crippen molar-refractivity contribution in [1.29, 1.82) is 0 Å². The van der Waals surface area contributed by atoms with Gasteiger partial charge in [0.15, 0.2) is 0 Å². The number of fused-ring (bicyclic) bond motifs is 1. The Balaban J connectivity index is 1.29. The second-order valence-electron chi connectivity index (χ2n) is 10.4. The molecule has 0 aliphatic carbocycles. The molecule has 1 amide bonds. The molecule has 34 heavy (non-hydrogen) atoms. The number of likely N-dealkylation sites (tertiary alicyclic amines) is 2. The Labute approximate surface area is 199 Å². The molecule has 2 saturated heterocycles. The molecule has 0 unspecified atom stereocenters. The number of nitrogens with zero attached hydrogens (tertiary/aromatic N) is 6. The van der Waals surface area contributed by atoms with Gasteiger partial charge in [-0.25, -0.2) is 4.79 Å². The van der Waals surface area contributed by atoms with Gasteiger partial charge >= 0.3 is 6.09 Å². The summed E-state index contributed by atoms with van der Waals surface area (Å²) in [6.45, 7) is 14.8. The molecule has 9 heteroatoms. The largest absolute Gasteiger partial charge is 0.444 e. The van der Waals surface area contributed by atoms with Gasteiger partial charge in [-0.2, -0.15) is 10.1 Å². The van der Waals surface area contributed by atoms with Gasteiger partial charge in [-0.3, -0.25) is 4.68 Å². The Morgan fingerprint density at radius 2 is 1.91 bits per heavy atom. The zero-order chi connectivity index (χ0) is 24.0. The molecular weight excluding hydrogens is 432 g/mol. The number of allylic oxidation sites excluding steroid dienone is 1. The zero-order valence-corrected chi connectivity index (χ0v) is 20.3. The van der Waals surface area contributed by atoms with E-state index in [4.69, 9.17) is 14.2 Å². The van der Waals surface area contributed by atoms with Gasteiger partial charge in [0.1, 0.15) is 5.60 Å². The van der Waals surface area contributed by atoms with Crippen LogP contribution in [-0.2, 0) is 4.74 Å². The SMILES string of the molecule is C=C(C)N1CCC(c2nc(-c3ccc4cnn(C5CN(C(=O)OC(C)(C)C)C5)c4c3)no2)CC1. The molecule has 5 rings (SSSR count). The minimum Gasteiger partial charge on any atom is -0.444 e. The minimum atomic E-state index is -0.499. The predicted molar refractivity (Wildman–Crippen MR) is 128 cm³/mol. The third kappa shape index (κ3) is 4.38. The molecule has 4 heterocycles. The number of aromatic nitrogens is 4. The van der Waals surface area contributed by atoms with Gasteiger partial charge in [-0.15, -0.1) is 0 Å². The standard InChI is InChI=1S/C25H32N6O3/c1-16(2)29-10-8-17(9-11-29)23-27-22(28-34-23)18-6-7-19-13-26-31(21(19)12-18)20-14-30(15-20)24(32)33-25(3,4)5/h6-7,12-13,17,20H,1,8-11,14-15H2,2-5H3. The summed E-state index contributed by atoms with van der Waals surface area (Å²) in [5.41, 5.74) is 2.50. The fourth-order valence-corrected chi connectivity index (χ4v) is 4.58. The van der Waals surface area contributed by atoms with E-state index in [1.807, 2.05) is 50.7 Å². The molecule has 0 bridgehead atoms. The zero-order valence-electron chi connectivity index (χ0n) is 20.3. The van der Waals surface area contributed by atoms with Crippen LogP contribution in [0.4, 0.5) is 4.79 Å². The van der Waals surface area contributed by atoms with Crippen LogP contribution in [0.25, 0.3) is 22.3 Å². The Bertz CT molecular complexity index is 1210. The lowest BCUT2D eigenvalue weighted by atomic mass is 9.96. The summed E-state index contributed by atoms with van der Waals surface area (Å²) in [5, 5.41) is 9.89. The third-order valence-electron chi connectivity index (χ3n) is 6.54. The molecule has 1 aromatic carbocycles. The van der Waals surface area contributed by atoms with E-state index < -0.39 is 5.60 Å². The van der Waals surface area contributed by atoms with Crippen molar-refractivity contribution in [2.75, 3.05) is 26.2 Å². The summed E-state index contributed by atoms with van der Waals surface area (Å²) < 4.78 is 13.1. The van der Waals surface area contributed by atoms with Gasteiger partial charge in [-0.05, 0) is 46.6 Å². The number of amides is 1. The topological polar surface area (TPSA) is 89.5 Å². The van der Waals surface area contributed by atoms with Gasteiger partial charge < -0.3 is 19.1 Å². The first kappa shape index (κ1) is 22.4. The maximum absolute atomic E-state index is 12.3. The highest BCUT2D eigenvalue weighted by Gasteiger charge is 2.36. The van der Waals surface area contributed by atoms with Crippen molar-refractivity contribution in [2.45, 2.75) is 58.1 Å². The van der Waals surface area contributed by atoms with Crippen molar-refractivity contribution in [2.24, 2.45) is 0 Å². The smallest absolute Gasteiger partial charge is 0.410 e. The molecule has 0 saturated carbocycles. The van der Waals surface area contributed by atoms with Gasteiger partial charge in [0, 0.05) is 48.7 Å². The van der Waals surface area contributed by atoms with E-state index in [-0.39, 0.29) is 18.1 Å². The first-order chi connectivity index (χ1) is 16.2. The van der Waals surface area contributed by atoms with E-state index in [1.165, 1.54) is 0 Å². The minimum absolute atomic E-state index is 0.111. The second kappa shape index (κ2) is 8.45. The molecule has 2 aromatic heterocycles. The first-order valence-corrected chi connectivity index (χ1v) is 11.9. The van der Waals surface area contributed by atoms with E-state index >= 15 is 0 Å². The quantitative estimate of drug-likeness (QED) is 0.558. The lowest BCUT2D eigenvalue weighted by molar-refractivity contribution is 0.000158. The fraction of sp³-hybridized carbons (Fsp3) is 0.520. The molecule has 2 aliphatic heterocycles. The summed E-state index contributed by atoms with van der Waals surface area (Å²) in [4.78, 5) is 21.0. The number of carbonyl (C=O) groups excluding carboxylic acids is 1. The van der Waals surface area contributed by atoms with Crippen molar-refractivity contribution in [3.63, 3.8) is 0 Å². The number of ether oxygens (including phenoxy) is 1. The molecule has 0 N–H and O–H groups in total. The molecule has 180 valence electrons. The maximum atomic E-state index is 12.3. The van der Waals surface area contributed by atoms with Crippen LogP contribution in [0.2, 0.25) is 0 Å². The van der Waals surface area contributed by atoms with Crippen LogP contribution in [0, 0.1) is 0 Å². The fourth-order valence-electron chi connectivity index (χ4n) is 4.58. The number of piperidine rings is 1. The first-order valence-electron chi connectivity index (χ1n) is 11.9. The van der Waals surface area contributed by atoms with Crippen molar-refractivity contribution < 1.29 is 14.1 Å². The Hall–Kier alpha value is -3.36. The molecule has 0 radical (unpaired) electrons. The van der Waals surface area contributed by atoms with E-state index in [0.717, 1.165) is 48.1 Å². The van der Waals surface area contributed by atoms with E-state index in [9.17, 15) is 4.79 Å².